The third kappa shape index (κ3) is 28.7. The topological polar surface area (TPSA) is 173 Å². The van der Waals surface area contributed by atoms with Crippen LogP contribution in [-0.2, 0) is 13.7 Å². The first-order valence-corrected chi connectivity index (χ1v) is 15.5. The van der Waals surface area contributed by atoms with Gasteiger partial charge in [0.05, 0.1) is 12.7 Å². The summed E-state index contributed by atoms with van der Waals surface area (Å²) in [7, 11) is -7.96. The summed E-state index contributed by atoms with van der Waals surface area (Å²) >= 11 is 0. The predicted octanol–water partition coefficient (Wildman–Crippen LogP) is 2.61. The summed E-state index contributed by atoms with van der Waals surface area (Å²) in [4.78, 5) is 26.1. The zero-order valence-electron chi connectivity index (χ0n) is 18.4. The summed E-state index contributed by atoms with van der Waals surface area (Å²) < 4.78 is 31.5. The smallest absolute Gasteiger partial charge is 0.200 e. The van der Waals surface area contributed by atoms with Crippen molar-refractivity contribution in [2.24, 2.45) is 0 Å². The summed E-state index contributed by atoms with van der Waals surface area (Å²) in [6.45, 7) is 11.4. The Kier molecular flexibility index (Phi) is 24.9. The van der Waals surface area contributed by atoms with Crippen LogP contribution in [0.4, 0.5) is 0 Å². The molecule has 0 heterocycles. The second-order valence-electron chi connectivity index (χ2n) is 5.93. The highest BCUT2D eigenvalue weighted by molar-refractivity contribution is 7.58. The van der Waals surface area contributed by atoms with E-state index in [0.29, 0.717) is 37.0 Å². The molecule has 0 rings (SSSR count). The van der Waals surface area contributed by atoms with Gasteiger partial charge in [-0.1, -0.05) is 41.5 Å². The summed E-state index contributed by atoms with van der Waals surface area (Å²) in [6.07, 6.45) is 0.623. The molecular weight excluding hydrogens is 429 g/mol. The molecule has 0 aromatic heterocycles. The average molecular weight is 472 g/mol. The molecule has 0 aliphatic rings. The number of rotatable bonds is 8. The number of hydrogen-bond acceptors (Lipinski definition) is 6. The number of aliphatic hydroxyl groups excluding tert-OH is 3. The maximum Gasteiger partial charge on any atom is 0.200 e. The molecule has 6 N–H and O–H groups in total. The summed E-state index contributed by atoms with van der Waals surface area (Å²) in [5.41, 5.74) is 0. The minimum atomic E-state index is -2.65. The molecule has 2 atom stereocenters. The Hall–Kier alpha value is 0.450. The molecule has 0 spiro atoms. The highest BCUT2D eigenvalue weighted by atomic mass is 31.2. The van der Waals surface area contributed by atoms with Gasteiger partial charge >= 0.3 is 0 Å². The van der Waals surface area contributed by atoms with E-state index in [1.165, 1.54) is 6.92 Å². The van der Waals surface area contributed by atoms with Crippen LogP contribution in [0.3, 0.4) is 0 Å². The summed E-state index contributed by atoms with van der Waals surface area (Å²) in [6, 6.07) is 0. The predicted molar refractivity (Wildman–Crippen MR) is 117 cm³/mol. The lowest BCUT2D eigenvalue weighted by Gasteiger charge is -2.07. The van der Waals surface area contributed by atoms with Crippen molar-refractivity contribution < 1.29 is 43.7 Å². The van der Waals surface area contributed by atoms with E-state index in [0.717, 1.165) is 0 Å². The minimum absolute atomic E-state index is 0.377. The third-order valence-corrected chi connectivity index (χ3v) is 9.64. The van der Waals surface area contributed by atoms with Crippen molar-refractivity contribution in [2.75, 3.05) is 43.6 Å². The monoisotopic (exact) mass is 472 g/mol. The highest BCUT2D eigenvalue weighted by Crippen LogP contribution is 2.39. The molecule has 2 unspecified atom stereocenters. The largest absolute Gasteiger partial charge is 0.394 e. The van der Waals surface area contributed by atoms with Crippen LogP contribution in [0.5, 0.6) is 0 Å². The van der Waals surface area contributed by atoms with E-state index in [2.05, 4.69) is 0 Å². The average Bonchev–Trinajstić information content (AvgIpc) is 2.68. The molecule has 0 aliphatic carbocycles. The van der Waals surface area contributed by atoms with Crippen LogP contribution >= 0.6 is 22.1 Å². The van der Waals surface area contributed by atoms with E-state index in [1.807, 2.05) is 0 Å². The first kappa shape index (κ1) is 35.9. The molecule has 0 saturated carbocycles. The van der Waals surface area contributed by atoms with Crippen LogP contribution in [0.2, 0.25) is 0 Å². The molecule has 0 bridgehead atoms. The standard InChI is InChI=1S/C4H10O3.3C4H11O2P/c1-3(6)4(7)2-5;3*1-3-7(5,6)4-2/h3-7H,2H2,1H3;3*3-4H2,1-2H3,(H,5,6). The maximum atomic E-state index is 10.5. The molecule has 0 radical (unpaired) electrons. The van der Waals surface area contributed by atoms with Gasteiger partial charge in [0.15, 0.2) is 22.1 Å². The molecule has 0 saturated heterocycles. The second kappa shape index (κ2) is 19.4. The molecule has 0 amide bonds. The Balaban J connectivity index is -0.000000137. The van der Waals surface area contributed by atoms with Gasteiger partial charge in [0, 0.05) is 37.0 Å². The van der Waals surface area contributed by atoms with Crippen molar-refractivity contribution in [3.8, 4) is 0 Å². The molecule has 0 aromatic rings. The fraction of sp³-hybridized carbons (Fsp3) is 1.00. The first-order chi connectivity index (χ1) is 12.5. The molecule has 12 heteroatoms. The van der Waals surface area contributed by atoms with Crippen LogP contribution < -0.4 is 0 Å². The van der Waals surface area contributed by atoms with Crippen molar-refractivity contribution in [3.63, 3.8) is 0 Å². The van der Waals surface area contributed by atoms with E-state index in [-0.39, 0.29) is 6.61 Å². The number of aliphatic hydroxyl groups is 3. The lowest BCUT2D eigenvalue weighted by molar-refractivity contribution is -0.00425. The zero-order valence-corrected chi connectivity index (χ0v) is 21.0. The second-order valence-corrected chi connectivity index (χ2v) is 14.8. The van der Waals surface area contributed by atoms with E-state index in [1.54, 1.807) is 41.5 Å². The molecule has 176 valence electrons. The molecule has 28 heavy (non-hydrogen) atoms. The van der Waals surface area contributed by atoms with Crippen molar-refractivity contribution in [3.05, 3.63) is 0 Å². The summed E-state index contributed by atoms with van der Waals surface area (Å²) in [5.74, 6) is 0. The van der Waals surface area contributed by atoms with Gasteiger partial charge in [0.2, 0.25) is 0 Å². The first-order valence-electron chi connectivity index (χ1n) is 9.44. The van der Waals surface area contributed by atoms with Crippen molar-refractivity contribution >= 4 is 22.1 Å². The highest BCUT2D eigenvalue weighted by Gasteiger charge is 2.10. The molecule has 9 nitrogen and oxygen atoms in total. The van der Waals surface area contributed by atoms with Gasteiger partial charge in [-0.05, 0) is 6.92 Å². The third-order valence-electron chi connectivity index (χ3n) is 3.71. The van der Waals surface area contributed by atoms with E-state index in [9.17, 15) is 13.7 Å². The van der Waals surface area contributed by atoms with E-state index in [4.69, 9.17) is 30.0 Å². The molecule has 0 aromatic carbocycles. The lowest BCUT2D eigenvalue weighted by atomic mass is 10.2. The van der Waals surface area contributed by atoms with Gasteiger partial charge in [-0.2, -0.15) is 0 Å². The van der Waals surface area contributed by atoms with Crippen LogP contribution in [0, 0.1) is 0 Å². The van der Waals surface area contributed by atoms with Crippen molar-refractivity contribution in [1.29, 1.82) is 0 Å². The summed E-state index contributed by atoms with van der Waals surface area (Å²) in [5, 5.41) is 24.9. The van der Waals surface area contributed by atoms with Crippen molar-refractivity contribution in [2.45, 2.75) is 60.7 Å². The van der Waals surface area contributed by atoms with Gasteiger partial charge in [-0.3, -0.25) is 13.7 Å². The Labute approximate surface area is 170 Å². The molecule has 0 fully saturated rings. The number of hydrogen-bond donors (Lipinski definition) is 6. The van der Waals surface area contributed by atoms with Crippen LogP contribution in [0.1, 0.15) is 48.5 Å². The fourth-order valence-corrected chi connectivity index (χ4v) is 2.17. The minimum Gasteiger partial charge on any atom is -0.394 e. The van der Waals surface area contributed by atoms with Gasteiger partial charge in [-0.15, -0.1) is 0 Å². The quantitative estimate of drug-likeness (QED) is 0.290. The van der Waals surface area contributed by atoms with Gasteiger partial charge in [0.1, 0.15) is 6.10 Å². The van der Waals surface area contributed by atoms with Crippen LogP contribution in [0.25, 0.3) is 0 Å². The van der Waals surface area contributed by atoms with E-state index < -0.39 is 34.3 Å². The molecule has 0 aliphatic heterocycles. The lowest BCUT2D eigenvalue weighted by Crippen LogP contribution is -2.25. The van der Waals surface area contributed by atoms with Crippen LogP contribution in [-0.4, -0.2) is 85.8 Å². The Bertz CT molecular complexity index is 403. The fourth-order valence-electron chi connectivity index (χ4n) is 0.823. The zero-order chi connectivity index (χ0) is 23.6. The normalized spacial score (nSPS) is 13.6. The SMILES string of the molecule is CC(O)C(O)CO.CCP(=O)(O)CC.CCP(=O)(O)CC.CCP(=O)(O)CC. The van der Waals surface area contributed by atoms with E-state index >= 15 is 0 Å². The van der Waals surface area contributed by atoms with Gasteiger partial charge in [-0.25, -0.2) is 0 Å². The van der Waals surface area contributed by atoms with Crippen molar-refractivity contribution in [1.82, 2.24) is 0 Å². The Morgan fingerprint density at radius 3 is 0.786 bits per heavy atom. The Morgan fingerprint density at radius 1 is 0.607 bits per heavy atom. The Morgan fingerprint density at radius 2 is 0.786 bits per heavy atom. The van der Waals surface area contributed by atoms with Crippen LogP contribution in [0.15, 0.2) is 0 Å². The molecular formula is C16H43O9P3. The van der Waals surface area contributed by atoms with Gasteiger partial charge in [0.25, 0.3) is 0 Å². The maximum absolute atomic E-state index is 10.5. The van der Waals surface area contributed by atoms with Gasteiger partial charge < -0.3 is 30.0 Å².